The maximum absolute atomic E-state index is 12.9. The molecule has 0 bridgehead atoms. The van der Waals surface area contributed by atoms with Crippen molar-refractivity contribution >= 4 is 33.8 Å². The van der Waals surface area contributed by atoms with Crippen LogP contribution in [0.25, 0.3) is 21.3 Å². The van der Waals surface area contributed by atoms with E-state index in [-0.39, 0.29) is 5.56 Å². The van der Waals surface area contributed by atoms with Crippen molar-refractivity contribution in [2.75, 3.05) is 5.32 Å². The van der Waals surface area contributed by atoms with Crippen LogP contribution in [-0.4, -0.2) is 20.8 Å². The first-order valence-corrected chi connectivity index (χ1v) is 9.22. The maximum atomic E-state index is 12.9. The van der Waals surface area contributed by atoms with Gasteiger partial charge in [-0.2, -0.15) is 5.10 Å². The van der Waals surface area contributed by atoms with Crippen LogP contribution in [0.4, 0.5) is 5.82 Å². The van der Waals surface area contributed by atoms with Crippen LogP contribution in [-0.2, 0) is 4.79 Å². The highest BCUT2D eigenvalue weighted by atomic mass is 32.1. The number of nitrogens with zero attached hydrogens (tertiary/aromatic N) is 3. The van der Waals surface area contributed by atoms with Gasteiger partial charge in [0, 0.05) is 11.5 Å². The number of aromatic nitrogens is 3. The quantitative estimate of drug-likeness (QED) is 0.584. The largest absolute Gasteiger partial charge is 0.360 e. The summed E-state index contributed by atoms with van der Waals surface area (Å²) in [6.07, 6.45) is 0. The van der Waals surface area contributed by atoms with Crippen LogP contribution >= 0.6 is 11.3 Å². The van der Waals surface area contributed by atoms with E-state index in [1.54, 1.807) is 32.0 Å². The molecule has 1 N–H and O–H groups in total. The summed E-state index contributed by atoms with van der Waals surface area (Å²) in [5.41, 5.74) is 0.363. The molecule has 0 aliphatic carbocycles. The Morgan fingerprint density at radius 2 is 2.00 bits per heavy atom. The number of anilines is 1. The first-order valence-electron chi connectivity index (χ1n) is 8.34. The van der Waals surface area contributed by atoms with Crippen LogP contribution in [0.15, 0.2) is 57.2 Å². The van der Waals surface area contributed by atoms with Crippen LogP contribution in [0.3, 0.4) is 0 Å². The summed E-state index contributed by atoms with van der Waals surface area (Å²) in [5, 5.41) is 14.2. The summed E-state index contributed by atoms with van der Waals surface area (Å²) in [4.78, 5) is 26.5. The SMILES string of the molecule is Cc1cc(NC(=O)C(C)n2nc(-c3cccs3)c3ccccc3c2=O)no1. The highest BCUT2D eigenvalue weighted by Gasteiger charge is 2.22. The molecular weight excluding hydrogens is 364 g/mol. The van der Waals surface area contributed by atoms with Gasteiger partial charge in [-0.15, -0.1) is 11.3 Å². The first-order chi connectivity index (χ1) is 13.0. The van der Waals surface area contributed by atoms with E-state index < -0.39 is 11.9 Å². The third-order valence-corrected chi connectivity index (χ3v) is 5.09. The normalized spacial score (nSPS) is 12.2. The van der Waals surface area contributed by atoms with Gasteiger partial charge in [-0.25, -0.2) is 4.68 Å². The van der Waals surface area contributed by atoms with Gasteiger partial charge in [0.25, 0.3) is 5.56 Å². The summed E-state index contributed by atoms with van der Waals surface area (Å²) < 4.78 is 6.17. The van der Waals surface area contributed by atoms with Gasteiger partial charge >= 0.3 is 0 Å². The summed E-state index contributed by atoms with van der Waals surface area (Å²) in [6, 6.07) is 11.9. The molecule has 0 spiro atoms. The Morgan fingerprint density at radius 3 is 2.67 bits per heavy atom. The summed E-state index contributed by atoms with van der Waals surface area (Å²) >= 11 is 1.53. The number of hydrogen-bond acceptors (Lipinski definition) is 6. The standard InChI is InChI=1S/C19H16N4O3S/c1-11-10-16(22-26-11)20-18(24)12(2)23-19(25)14-7-4-3-6-13(14)17(21-23)15-8-5-9-27-15/h3-10,12H,1-2H3,(H,20,22,24). The summed E-state index contributed by atoms with van der Waals surface area (Å²) in [5.74, 6) is 0.487. The zero-order valence-electron chi connectivity index (χ0n) is 14.7. The lowest BCUT2D eigenvalue weighted by Crippen LogP contribution is -2.34. The van der Waals surface area contributed by atoms with Gasteiger partial charge in [0.2, 0.25) is 5.91 Å². The second kappa shape index (κ2) is 6.81. The minimum Gasteiger partial charge on any atom is -0.360 e. The molecule has 0 fully saturated rings. The Kier molecular flexibility index (Phi) is 4.33. The average molecular weight is 380 g/mol. The molecule has 1 aromatic carbocycles. The van der Waals surface area contributed by atoms with Crippen LogP contribution < -0.4 is 10.9 Å². The molecule has 4 rings (SSSR count). The molecular formula is C19H16N4O3S. The number of thiophene rings is 1. The van der Waals surface area contributed by atoms with Gasteiger partial charge in [0.05, 0.1) is 10.3 Å². The van der Waals surface area contributed by atoms with E-state index in [1.165, 1.54) is 16.0 Å². The van der Waals surface area contributed by atoms with E-state index in [4.69, 9.17) is 4.52 Å². The zero-order valence-corrected chi connectivity index (χ0v) is 15.5. The van der Waals surface area contributed by atoms with Crippen molar-refractivity contribution < 1.29 is 9.32 Å². The topological polar surface area (TPSA) is 90.0 Å². The highest BCUT2D eigenvalue weighted by molar-refractivity contribution is 7.13. The molecule has 136 valence electrons. The molecule has 1 atom stereocenters. The van der Waals surface area contributed by atoms with Crippen molar-refractivity contribution in [1.29, 1.82) is 0 Å². The van der Waals surface area contributed by atoms with Crippen LogP contribution in [0.1, 0.15) is 18.7 Å². The molecule has 0 aliphatic rings. The molecule has 0 aliphatic heterocycles. The maximum Gasteiger partial charge on any atom is 0.275 e. The Hall–Kier alpha value is -3.26. The van der Waals surface area contributed by atoms with Crippen LogP contribution in [0.2, 0.25) is 0 Å². The average Bonchev–Trinajstić information content (AvgIpc) is 3.34. The van der Waals surface area contributed by atoms with E-state index in [9.17, 15) is 9.59 Å². The van der Waals surface area contributed by atoms with Crippen molar-refractivity contribution in [2.45, 2.75) is 19.9 Å². The second-order valence-corrected chi connectivity index (χ2v) is 7.06. The third-order valence-electron chi connectivity index (χ3n) is 4.21. The van der Waals surface area contributed by atoms with E-state index in [1.807, 2.05) is 29.6 Å². The fourth-order valence-electron chi connectivity index (χ4n) is 2.83. The molecule has 4 aromatic rings. The minimum absolute atomic E-state index is 0.302. The molecule has 0 saturated heterocycles. The van der Waals surface area contributed by atoms with Crippen molar-refractivity contribution in [3.8, 4) is 10.6 Å². The molecule has 1 amide bonds. The number of rotatable bonds is 4. The number of fused-ring (bicyclic) bond motifs is 1. The van der Waals surface area contributed by atoms with E-state index in [0.717, 1.165) is 10.3 Å². The number of carbonyl (C=O) groups excluding carboxylic acids is 1. The van der Waals surface area contributed by atoms with E-state index >= 15 is 0 Å². The number of amides is 1. The molecule has 3 aromatic heterocycles. The Morgan fingerprint density at radius 1 is 1.22 bits per heavy atom. The minimum atomic E-state index is -0.821. The predicted octanol–water partition coefficient (Wildman–Crippen LogP) is 3.62. The Balaban J connectivity index is 1.80. The fourth-order valence-corrected chi connectivity index (χ4v) is 3.55. The van der Waals surface area contributed by atoms with Crippen molar-refractivity contribution in [3.63, 3.8) is 0 Å². The lowest BCUT2D eigenvalue weighted by molar-refractivity contribution is -0.119. The first kappa shape index (κ1) is 17.2. The van der Waals surface area contributed by atoms with Gasteiger partial charge in [-0.3, -0.25) is 9.59 Å². The number of hydrogen-bond donors (Lipinski definition) is 1. The zero-order chi connectivity index (χ0) is 19.0. The summed E-state index contributed by atoms with van der Waals surface area (Å²) in [7, 11) is 0. The number of aryl methyl sites for hydroxylation is 1. The fraction of sp³-hybridized carbons (Fsp3) is 0.158. The Labute approximate surface area is 158 Å². The third kappa shape index (κ3) is 3.15. The van der Waals surface area contributed by atoms with E-state index in [2.05, 4.69) is 15.6 Å². The van der Waals surface area contributed by atoms with Crippen molar-refractivity contribution in [1.82, 2.24) is 14.9 Å². The molecule has 0 saturated carbocycles. The molecule has 8 heteroatoms. The van der Waals surface area contributed by atoms with Gasteiger partial charge < -0.3 is 9.84 Å². The predicted molar refractivity (Wildman–Crippen MR) is 104 cm³/mol. The van der Waals surface area contributed by atoms with Gasteiger partial charge in [-0.05, 0) is 31.4 Å². The van der Waals surface area contributed by atoms with E-state index in [0.29, 0.717) is 22.7 Å². The van der Waals surface area contributed by atoms with Gasteiger partial charge in [0.1, 0.15) is 17.5 Å². The van der Waals surface area contributed by atoms with Crippen LogP contribution in [0, 0.1) is 6.92 Å². The van der Waals surface area contributed by atoms with Gasteiger partial charge in [-0.1, -0.05) is 29.4 Å². The molecule has 3 heterocycles. The lowest BCUT2D eigenvalue weighted by atomic mass is 10.1. The second-order valence-electron chi connectivity index (χ2n) is 6.11. The molecule has 27 heavy (non-hydrogen) atoms. The highest BCUT2D eigenvalue weighted by Crippen LogP contribution is 2.28. The van der Waals surface area contributed by atoms with Crippen molar-refractivity contribution in [2.24, 2.45) is 0 Å². The number of nitrogens with one attached hydrogen (secondary N) is 1. The van der Waals surface area contributed by atoms with Crippen molar-refractivity contribution in [3.05, 3.63) is 64.0 Å². The number of carbonyl (C=O) groups is 1. The summed E-state index contributed by atoms with van der Waals surface area (Å²) in [6.45, 7) is 3.36. The monoisotopic (exact) mass is 380 g/mol. The molecule has 0 radical (unpaired) electrons. The smallest absolute Gasteiger partial charge is 0.275 e. The van der Waals surface area contributed by atoms with Crippen LogP contribution in [0.5, 0.6) is 0 Å². The molecule has 1 unspecified atom stereocenters. The Bertz CT molecular complexity index is 1180. The lowest BCUT2D eigenvalue weighted by Gasteiger charge is -2.15. The number of benzene rings is 1. The molecule has 7 nitrogen and oxygen atoms in total. The van der Waals surface area contributed by atoms with Gasteiger partial charge in [0.15, 0.2) is 5.82 Å².